The van der Waals surface area contributed by atoms with Crippen molar-refractivity contribution in [2.75, 3.05) is 7.11 Å². The van der Waals surface area contributed by atoms with Crippen LogP contribution in [0.2, 0.25) is 5.02 Å². The van der Waals surface area contributed by atoms with Crippen molar-refractivity contribution in [3.8, 4) is 5.75 Å². The Labute approximate surface area is 122 Å². The van der Waals surface area contributed by atoms with Crippen LogP contribution in [0.1, 0.15) is 10.4 Å². The summed E-state index contributed by atoms with van der Waals surface area (Å²) in [6, 6.07) is 10.0. The summed E-state index contributed by atoms with van der Waals surface area (Å²) in [4.78, 5) is 1.34. The van der Waals surface area contributed by atoms with E-state index < -0.39 is 0 Å². The highest BCUT2D eigenvalue weighted by Gasteiger charge is 2.01. The van der Waals surface area contributed by atoms with Gasteiger partial charge in [0.1, 0.15) is 5.75 Å². The Kier molecular flexibility index (Phi) is 6.50. The highest BCUT2D eigenvalue weighted by molar-refractivity contribution is 7.09. The van der Waals surface area contributed by atoms with Crippen LogP contribution in [-0.4, -0.2) is 7.11 Å². The molecular weight excluding hydrogens is 289 g/mol. The zero-order chi connectivity index (χ0) is 12.1. The first-order valence-corrected chi connectivity index (χ1v) is 6.61. The van der Waals surface area contributed by atoms with Crippen molar-refractivity contribution in [3.05, 3.63) is 51.2 Å². The first kappa shape index (κ1) is 15.3. The number of methoxy groups -OCH3 is 1. The van der Waals surface area contributed by atoms with E-state index in [1.807, 2.05) is 18.2 Å². The van der Waals surface area contributed by atoms with Gasteiger partial charge in [-0.25, -0.2) is 0 Å². The Morgan fingerprint density at radius 2 is 2.11 bits per heavy atom. The van der Waals surface area contributed by atoms with Crippen LogP contribution in [0.3, 0.4) is 0 Å². The monoisotopic (exact) mass is 303 g/mol. The van der Waals surface area contributed by atoms with E-state index in [4.69, 9.17) is 16.3 Å². The zero-order valence-corrected chi connectivity index (χ0v) is 12.4. The summed E-state index contributed by atoms with van der Waals surface area (Å²) in [5, 5.41) is 6.12. The fourth-order valence-electron chi connectivity index (χ4n) is 1.56. The number of nitrogens with one attached hydrogen (secondary N) is 1. The van der Waals surface area contributed by atoms with E-state index in [1.165, 1.54) is 4.88 Å². The molecule has 0 saturated carbocycles. The molecule has 1 aromatic carbocycles. The number of thiophene rings is 1. The van der Waals surface area contributed by atoms with Crippen LogP contribution in [0, 0.1) is 0 Å². The van der Waals surface area contributed by atoms with Crippen LogP contribution in [0.25, 0.3) is 0 Å². The molecule has 5 heteroatoms. The van der Waals surface area contributed by atoms with Crippen molar-refractivity contribution < 1.29 is 4.74 Å². The van der Waals surface area contributed by atoms with Crippen molar-refractivity contribution in [1.82, 2.24) is 5.32 Å². The van der Waals surface area contributed by atoms with Crippen molar-refractivity contribution >= 4 is 35.3 Å². The molecule has 2 aromatic rings. The minimum atomic E-state index is 0. The molecule has 0 radical (unpaired) electrons. The van der Waals surface area contributed by atoms with Gasteiger partial charge in [-0.05, 0) is 29.1 Å². The topological polar surface area (TPSA) is 21.3 Å². The second-order valence-electron chi connectivity index (χ2n) is 3.65. The highest BCUT2D eigenvalue weighted by Crippen LogP contribution is 2.24. The second-order valence-corrected chi connectivity index (χ2v) is 5.09. The Morgan fingerprint density at radius 3 is 2.72 bits per heavy atom. The maximum atomic E-state index is 6.06. The van der Waals surface area contributed by atoms with Crippen LogP contribution in [0.5, 0.6) is 5.75 Å². The molecule has 1 heterocycles. The molecule has 1 aromatic heterocycles. The SMILES string of the molecule is COc1ccc(CNCc2cccs2)cc1Cl.Cl. The largest absolute Gasteiger partial charge is 0.495 e. The third-order valence-electron chi connectivity index (χ3n) is 2.42. The van der Waals surface area contributed by atoms with E-state index >= 15 is 0 Å². The number of hydrogen-bond acceptors (Lipinski definition) is 3. The smallest absolute Gasteiger partial charge is 0.137 e. The lowest BCUT2D eigenvalue weighted by atomic mass is 10.2. The van der Waals surface area contributed by atoms with Gasteiger partial charge in [-0.15, -0.1) is 23.7 Å². The van der Waals surface area contributed by atoms with Gasteiger partial charge >= 0.3 is 0 Å². The van der Waals surface area contributed by atoms with E-state index in [0.717, 1.165) is 18.7 Å². The lowest BCUT2D eigenvalue weighted by Crippen LogP contribution is -2.11. The van der Waals surface area contributed by atoms with Crippen LogP contribution < -0.4 is 10.1 Å². The summed E-state index contributed by atoms with van der Waals surface area (Å²) in [6.45, 7) is 1.70. The van der Waals surface area contributed by atoms with Gasteiger partial charge in [0.2, 0.25) is 0 Å². The zero-order valence-electron chi connectivity index (χ0n) is 9.98. The van der Waals surface area contributed by atoms with E-state index in [0.29, 0.717) is 10.8 Å². The molecule has 0 amide bonds. The van der Waals surface area contributed by atoms with Gasteiger partial charge in [0.15, 0.2) is 0 Å². The van der Waals surface area contributed by atoms with Gasteiger partial charge in [-0.1, -0.05) is 23.7 Å². The fourth-order valence-corrected chi connectivity index (χ4v) is 2.52. The molecule has 0 aliphatic rings. The minimum Gasteiger partial charge on any atom is -0.495 e. The highest BCUT2D eigenvalue weighted by atomic mass is 35.5. The molecular formula is C13H15Cl2NOS. The molecule has 98 valence electrons. The standard InChI is InChI=1S/C13H14ClNOS.ClH/c1-16-13-5-4-10(7-12(13)14)8-15-9-11-3-2-6-17-11;/h2-7,15H,8-9H2,1H3;1H. The Hall–Kier alpha value is -0.740. The fraction of sp³-hybridized carbons (Fsp3) is 0.231. The Morgan fingerprint density at radius 1 is 1.28 bits per heavy atom. The molecule has 0 unspecified atom stereocenters. The van der Waals surface area contributed by atoms with Crippen molar-refractivity contribution in [2.45, 2.75) is 13.1 Å². The maximum absolute atomic E-state index is 6.06. The van der Waals surface area contributed by atoms with Gasteiger partial charge < -0.3 is 10.1 Å². The normalized spacial score (nSPS) is 9.89. The van der Waals surface area contributed by atoms with Crippen molar-refractivity contribution in [2.24, 2.45) is 0 Å². The Bertz CT molecular complexity index is 474. The third-order valence-corrected chi connectivity index (χ3v) is 3.60. The summed E-state index contributed by atoms with van der Waals surface area (Å²) < 4.78 is 5.11. The molecule has 0 atom stereocenters. The molecule has 0 spiro atoms. The molecule has 0 saturated heterocycles. The summed E-state index contributed by atoms with van der Waals surface area (Å²) in [7, 11) is 1.62. The average molecular weight is 304 g/mol. The molecule has 0 bridgehead atoms. The van der Waals surface area contributed by atoms with Crippen molar-refractivity contribution in [3.63, 3.8) is 0 Å². The average Bonchev–Trinajstić information content (AvgIpc) is 2.82. The summed E-state index contributed by atoms with van der Waals surface area (Å²) >= 11 is 7.82. The number of ether oxygens (including phenoxy) is 1. The minimum absolute atomic E-state index is 0. The van der Waals surface area contributed by atoms with Crippen LogP contribution >= 0.6 is 35.3 Å². The molecule has 2 nitrogen and oxygen atoms in total. The van der Waals surface area contributed by atoms with Crippen LogP contribution in [-0.2, 0) is 13.1 Å². The summed E-state index contributed by atoms with van der Waals surface area (Å²) in [5.74, 6) is 0.716. The first-order chi connectivity index (χ1) is 8.29. The number of rotatable bonds is 5. The number of benzene rings is 1. The van der Waals surface area contributed by atoms with E-state index in [9.17, 15) is 0 Å². The predicted molar refractivity (Wildman–Crippen MR) is 80.1 cm³/mol. The molecule has 0 aliphatic heterocycles. The van der Waals surface area contributed by atoms with Crippen LogP contribution in [0.4, 0.5) is 0 Å². The maximum Gasteiger partial charge on any atom is 0.137 e. The Balaban J connectivity index is 0.00000162. The van der Waals surface area contributed by atoms with Crippen molar-refractivity contribution in [1.29, 1.82) is 0 Å². The van der Waals surface area contributed by atoms with Gasteiger partial charge in [-0.2, -0.15) is 0 Å². The lowest BCUT2D eigenvalue weighted by molar-refractivity contribution is 0.415. The molecule has 0 aliphatic carbocycles. The predicted octanol–water partition coefficient (Wildman–Crippen LogP) is 4.12. The van der Waals surface area contributed by atoms with Gasteiger partial charge in [0, 0.05) is 18.0 Å². The van der Waals surface area contributed by atoms with Crippen LogP contribution in [0.15, 0.2) is 35.7 Å². The molecule has 18 heavy (non-hydrogen) atoms. The third kappa shape index (κ3) is 4.18. The summed E-state index contributed by atoms with van der Waals surface area (Å²) in [5.41, 5.74) is 1.16. The number of hydrogen-bond donors (Lipinski definition) is 1. The van der Waals surface area contributed by atoms with Gasteiger partial charge in [-0.3, -0.25) is 0 Å². The van der Waals surface area contributed by atoms with E-state index in [1.54, 1.807) is 18.4 Å². The first-order valence-electron chi connectivity index (χ1n) is 5.35. The lowest BCUT2D eigenvalue weighted by Gasteiger charge is -2.07. The second kappa shape index (κ2) is 7.64. The van der Waals surface area contributed by atoms with E-state index in [-0.39, 0.29) is 12.4 Å². The summed E-state index contributed by atoms with van der Waals surface area (Å²) in [6.07, 6.45) is 0. The quantitative estimate of drug-likeness (QED) is 0.897. The van der Waals surface area contributed by atoms with E-state index in [2.05, 4.69) is 22.8 Å². The van der Waals surface area contributed by atoms with Gasteiger partial charge in [0.05, 0.1) is 12.1 Å². The number of halogens is 2. The molecule has 0 fully saturated rings. The molecule has 2 rings (SSSR count). The van der Waals surface area contributed by atoms with Gasteiger partial charge in [0.25, 0.3) is 0 Å². The molecule has 1 N–H and O–H groups in total.